The molecule has 0 radical (unpaired) electrons. The zero-order valence-corrected chi connectivity index (χ0v) is 19.1. The first kappa shape index (κ1) is 24.7. The van der Waals surface area contributed by atoms with Crippen LogP contribution >= 0.6 is 0 Å². The average molecular weight is 459 g/mol. The lowest BCUT2D eigenvalue weighted by Crippen LogP contribution is -2.41. The number of carbonyl (C=O) groups is 1. The maximum absolute atomic E-state index is 12.6. The van der Waals surface area contributed by atoms with Crippen molar-refractivity contribution >= 4 is 19.3 Å². The van der Waals surface area contributed by atoms with Gasteiger partial charge in [0, 0.05) is 6.54 Å². The third-order valence-corrected chi connectivity index (χ3v) is 5.64. The summed E-state index contributed by atoms with van der Waals surface area (Å²) in [4.78, 5) is 12.3. The first-order valence-corrected chi connectivity index (χ1v) is 10.6. The van der Waals surface area contributed by atoms with Crippen LogP contribution in [-0.2, 0) is 20.7 Å². The number of carbonyl (C=O) groups excluding carboxylic acids is 1. The van der Waals surface area contributed by atoms with Crippen LogP contribution in [0.15, 0.2) is 60.1 Å². The van der Waals surface area contributed by atoms with Crippen LogP contribution in [0.3, 0.4) is 0 Å². The quantitative estimate of drug-likeness (QED) is 0.548. The highest BCUT2D eigenvalue weighted by atomic mass is 19.3. The summed E-state index contributed by atoms with van der Waals surface area (Å²) in [6, 6.07) is 15.6. The van der Waals surface area contributed by atoms with Crippen molar-refractivity contribution < 1.29 is 32.4 Å². The number of halogens is 2. The predicted octanol–water partition coefficient (Wildman–Crippen LogP) is 5.23. The van der Waals surface area contributed by atoms with Crippen LogP contribution in [0, 0.1) is 0 Å². The Morgan fingerprint density at radius 1 is 1.06 bits per heavy atom. The number of alkyl carbamates (subject to hydrolysis) is 1. The van der Waals surface area contributed by atoms with Crippen LogP contribution in [0.1, 0.15) is 38.8 Å². The fraction of sp³-hybridized carbons (Fsp3) is 0.375. The second kappa shape index (κ2) is 10.4. The number of amides is 1. The molecule has 1 aliphatic rings. The normalized spacial score (nSPS) is 17.2. The van der Waals surface area contributed by atoms with Gasteiger partial charge in [-0.2, -0.15) is 8.78 Å². The fourth-order valence-electron chi connectivity index (χ4n) is 3.14. The number of nitrogens with one attached hydrogen (secondary N) is 1. The summed E-state index contributed by atoms with van der Waals surface area (Å²) in [5.41, 5.74) is 0.873. The van der Waals surface area contributed by atoms with Gasteiger partial charge in [-0.15, -0.1) is 0 Å². The third kappa shape index (κ3) is 6.79. The van der Waals surface area contributed by atoms with Crippen molar-refractivity contribution in [1.29, 1.82) is 0 Å². The molecule has 6 nitrogen and oxygen atoms in total. The lowest BCUT2D eigenvalue weighted by molar-refractivity contribution is -0.0498. The van der Waals surface area contributed by atoms with Gasteiger partial charge in [0.2, 0.25) is 0 Å². The Morgan fingerprint density at radius 3 is 2.36 bits per heavy atom. The van der Waals surface area contributed by atoms with E-state index >= 15 is 0 Å². The molecule has 2 aromatic carbocycles. The van der Waals surface area contributed by atoms with Crippen molar-refractivity contribution in [2.75, 3.05) is 6.54 Å². The predicted molar refractivity (Wildman–Crippen MR) is 122 cm³/mol. The molecule has 0 unspecified atom stereocenters. The number of rotatable bonds is 8. The maximum atomic E-state index is 12.6. The molecule has 0 spiro atoms. The van der Waals surface area contributed by atoms with E-state index < -0.39 is 31.0 Å². The van der Waals surface area contributed by atoms with Crippen LogP contribution < -0.4 is 10.1 Å². The SMILES string of the molecule is CC1(C)OB(C(=Cc2cccc(OC(F)F)c2)CNC(=O)OCc2ccccc2)OC1(C)C. The second-order valence-corrected chi connectivity index (χ2v) is 8.67. The molecule has 0 aliphatic carbocycles. The third-order valence-electron chi connectivity index (χ3n) is 5.64. The molecule has 33 heavy (non-hydrogen) atoms. The van der Waals surface area contributed by atoms with Crippen molar-refractivity contribution in [3.05, 3.63) is 71.2 Å². The van der Waals surface area contributed by atoms with Gasteiger partial charge in [-0.05, 0) is 56.4 Å². The van der Waals surface area contributed by atoms with E-state index in [4.69, 9.17) is 14.0 Å². The summed E-state index contributed by atoms with van der Waals surface area (Å²) in [5.74, 6) is 0.0299. The summed E-state index contributed by atoms with van der Waals surface area (Å²) in [7, 11) is -0.746. The first-order chi connectivity index (χ1) is 15.6. The zero-order valence-electron chi connectivity index (χ0n) is 19.1. The summed E-state index contributed by atoms with van der Waals surface area (Å²) < 4.78 is 47.2. The first-order valence-electron chi connectivity index (χ1n) is 10.6. The molecule has 0 aromatic heterocycles. The highest BCUT2D eigenvalue weighted by molar-refractivity contribution is 6.56. The van der Waals surface area contributed by atoms with Gasteiger partial charge in [-0.3, -0.25) is 0 Å². The molecule has 1 saturated heterocycles. The van der Waals surface area contributed by atoms with Crippen LogP contribution in [0.25, 0.3) is 6.08 Å². The standard InChI is InChI=1S/C24H28BF2NO5/c1-23(2)24(3,4)33-25(32-23)19(13-18-11-8-12-20(14-18)31-21(26)27)15-28-22(29)30-16-17-9-6-5-7-10-17/h5-14,21H,15-16H2,1-4H3,(H,28,29). The highest BCUT2D eigenvalue weighted by Gasteiger charge is 2.52. The van der Waals surface area contributed by atoms with Gasteiger partial charge in [0.25, 0.3) is 0 Å². The smallest absolute Gasteiger partial charge is 0.445 e. The van der Waals surface area contributed by atoms with E-state index in [0.717, 1.165) is 5.56 Å². The number of alkyl halides is 2. The van der Waals surface area contributed by atoms with Crippen molar-refractivity contribution in [1.82, 2.24) is 5.32 Å². The van der Waals surface area contributed by atoms with E-state index in [1.54, 1.807) is 18.2 Å². The number of ether oxygens (including phenoxy) is 2. The summed E-state index contributed by atoms with van der Waals surface area (Å²) in [6.07, 6.45) is 1.12. The van der Waals surface area contributed by atoms with Gasteiger partial charge >= 0.3 is 19.8 Å². The lowest BCUT2D eigenvalue weighted by Gasteiger charge is -2.32. The van der Waals surface area contributed by atoms with Gasteiger partial charge in [-0.25, -0.2) is 4.79 Å². The zero-order chi connectivity index (χ0) is 24.1. The molecule has 9 heteroatoms. The minimum absolute atomic E-state index is 0.0299. The van der Waals surface area contributed by atoms with Gasteiger partial charge in [0.05, 0.1) is 11.2 Å². The van der Waals surface area contributed by atoms with Crippen LogP contribution in [0.5, 0.6) is 5.75 Å². The number of benzene rings is 2. The van der Waals surface area contributed by atoms with Crippen molar-refractivity contribution in [2.24, 2.45) is 0 Å². The van der Waals surface area contributed by atoms with Crippen LogP contribution in [-0.4, -0.2) is 37.6 Å². The van der Waals surface area contributed by atoms with E-state index in [1.165, 1.54) is 12.1 Å². The van der Waals surface area contributed by atoms with E-state index in [-0.39, 0.29) is 18.9 Å². The molecule has 1 aliphatic heterocycles. The van der Waals surface area contributed by atoms with Crippen molar-refractivity contribution in [3.8, 4) is 5.75 Å². The van der Waals surface area contributed by atoms with Gasteiger partial charge in [0.1, 0.15) is 12.4 Å². The van der Waals surface area contributed by atoms with Gasteiger partial charge < -0.3 is 24.1 Å². The lowest BCUT2D eigenvalue weighted by atomic mass is 9.77. The highest BCUT2D eigenvalue weighted by Crippen LogP contribution is 2.38. The molecular formula is C24H28BF2NO5. The summed E-state index contributed by atoms with van der Waals surface area (Å²) in [5, 5.41) is 2.71. The molecule has 0 bridgehead atoms. The summed E-state index contributed by atoms with van der Waals surface area (Å²) in [6.45, 7) is 4.96. The van der Waals surface area contributed by atoms with Gasteiger partial charge in [0.15, 0.2) is 0 Å². The Bertz CT molecular complexity index is 966. The Morgan fingerprint density at radius 2 is 1.73 bits per heavy atom. The Balaban J connectivity index is 1.75. The van der Waals surface area contributed by atoms with Crippen molar-refractivity contribution in [3.63, 3.8) is 0 Å². The van der Waals surface area contributed by atoms with Crippen molar-refractivity contribution in [2.45, 2.75) is 52.1 Å². The molecule has 1 heterocycles. The molecule has 0 saturated carbocycles. The molecule has 2 aromatic rings. The topological polar surface area (TPSA) is 66.0 Å². The second-order valence-electron chi connectivity index (χ2n) is 8.67. The van der Waals surface area contributed by atoms with E-state index in [1.807, 2.05) is 58.0 Å². The Kier molecular flexibility index (Phi) is 7.76. The number of hydrogen-bond donors (Lipinski definition) is 1. The molecule has 0 atom stereocenters. The van der Waals surface area contributed by atoms with E-state index in [9.17, 15) is 13.6 Å². The Labute approximate surface area is 193 Å². The maximum Gasteiger partial charge on any atom is 0.492 e. The molecular weight excluding hydrogens is 431 g/mol. The largest absolute Gasteiger partial charge is 0.492 e. The molecule has 1 amide bonds. The Hall–Kier alpha value is -2.91. The van der Waals surface area contributed by atoms with E-state index in [2.05, 4.69) is 10.1 Å². The van der Waals surface area contributed by atoms with Gasteiger partial charge in [-0.1, -0.05) is 48.5 Å². The fourth-order valence-corrected chi connectivity index (χ4v) is 3.14. The van der Waals surface area contributed by atoms with Crippen LogP contribution in [0.2, 0.25) is 0 Å². The van der Waals surface area contributed by atoms with Crippen LogP contribution in [0.4, 0.5) is 13.6 Å². The summed E-state index contributed by atoms with van der Waals surface area (Å²) >= 11 is 0. The monoisotopic (exact) mass is 459 g/mol. The molecule has 3 rings (SSSR count). The minimum Gasteiger partial charge on any atom is -0.445 e. The molecule has 176 valence electrons. The number of hydrogen-bond acceptors (Lipinski definition) is 5. The molecule has 1 fully saturated rings. The van der Waals surface area contributed by atoms with E-state index in [0.29, 0.717) is 11.0 Å². The minimum atomic E-state index is -2.92. The average Bonchev–Trinajstić information content (AvgIpc) is 2.97. The molecule has 1 N–H and O–H groups in total.